The molecule has 1 N–H and O–H groups in total. The number of H-pyrrole nitrogens is 1. The van der Waals surface area contributed by atoms with Gasteiger partial charge in [-0.25, -0.2) is 14.6 Å². The highest BCUT2D eigenvalue weighted by atomic mass is 16.2. The molecule has 3 aromatic heterocycles. The van der Waals surface area contributed by atoms with Gasteiger partial charge in [0.05, 0.1) is 34.9 Å². The Bertz CT molecular complexity index is 1340. The summed E-state index contributed by atoms with van der Waals surface area (Å²) in [5, 5.41) is 5.75. The fourth-order valence-corrected chi connectivity index (χ4v) is 3.67. The number of hydrogen-bond acceptors (Lipinski definition) is 5. The lowest BCUT2D eigenvalue weighted by Gasteiger charge is -2.27. The molecule has 3 heterocycles. The number of aromatic amines is 1. The first-order valence-electron chi connectivity index (χ1n) is 10.4. The Morgan fingerprint density at radius 2 is 1.90 bits per heavy atom. The highest BCUT2D eigenvalue weighted by Crippen LogP contribution is 2.22. The molecule has 0 saturated heterocycles. The third kappa shape index (κ3) is 3.81. The van der Waals surface area contributed by atoms with Crippen molar-refractivity contribution in [2.45, 2.75) is 53.2 Å². The molecule has 160 valence electrons. The number of nitrogens with zero attached hydrogens (tertiary/aromatic N) is 5. The number of aromatic nitrogens is 5. The Morgan fingerprint density at radius 1 is 1.16 bits per heavy atom. The van der Waals surface area contributed by atoms with Crippen LogP contribution in [-0.2, 0) is 6.54 Å². The van der Waals surface area contributed by atoms with Gasteiger partial charge in [0.25, 0.3) is 11.5 Å². The molecule has 4 aromatic rings. The van der Waals surface area contributed by atoms with E-state index >= 15 is 0 Å². The average molecular weight is 419 g/mol. The third-order valence-electron chi connectivity index (χ3n) is 5.35. The summed E-state index contributed by atoms with van der Waals surface area (Å²) in [5.74, 6) is 0.292. The van der Waals surface area contributed by atoms with Crippen LogP contribution in [0, 0.1) is 6.92 Å². The summed E-state index contributed by atoms with van der Waals surface area (Å²) < 4.78 is 1.85. The zero-order valence-electron chi connectivity index (χ0n) is 18.4. The third-order valence-corrected chi connectivity index (χ3v) is 5.35. The monoisotopic (exact) mass is 418 g/mol. The number of amides is 1. The van der Waals surface area contributed by atoms with Gasteiger partial charge in [0, 0.05) is 17.5 Å². The van der Waals surface area contributed by atoms with Gasteiger partial charge in [-0.2, -0.15) is 5.10 Å². The number of hydrogen-bond donors (Lipinski definition) is 1. The van der Waals surface area contributed by atoms with Crippen molar-refractivity contribution in [3.8, 4) is 0 Å². The summed E-state index contributed by atoms with van der Waals surface area (Å²) in [6.45, 7) is 9.99. The maximum atomic E-state index is 13.5. The molecule has 0 aliphatic heterocycles. The van der Waals surface area contributed by atoms with E-state index in [1.165, 1.54) is 0 Å². The molecule has 0 spiro atoms. The molecule has 8 heteroatoms. The molecule has 4 rings (SSSR count). The highest BCUT2D eigenvalue weighted by molar-refractivity contribution is 5.98. The van der Waals surface area contributed by atoms with Gasteiger partial charge in [-0.3, -0.25) is 9.59 Å². The number of rotatable bonds is 5. The molecule has 0 atom stereocenters. The van der Waals surface area contributed by atoms with Crippen LogP contribution in [0.3, 0.4) is 0 Å². The second-order valence-corrected chi connectivity index (χ2v) is 8.27. The van der Waals surface area contributed by atoms with Gasteiger partial charge >= 0.3 is 0 Å². The number of aryl methyl sites for hydroxylation is 1. The van der Waals surface area contributed by atoms with E-state index in [0.717, 1.165) is 11.0 Å². The van der Waals surface area contributed by atoms with E-state index in [-0.39, 0.29) is 30.1 Å². The summed E-state index contributed by atoms with van der Waals surface area (Å²) in [7, 11) is 0. The summed E-state index contributed by atoms with van der Waals surface area (Å²) in [6.07, 6.45) is 1.74. The SMILES string of the molecule is Cc1nc2c(cnn2C(C)C)cc1C(=O)N(Cc1nc2ccccc2c(=O)[nH]1)C(C)C. The van der Waals surface area contributed by atoms with Crippen LogP contribution in [0.2, 0.25) is 0 Å². The van der Waals surface area contributed by atoms with Crippen molar-refractivity contribution in [3.05, 3.63) is 64.0 Å². The zero-order valence-corrected chi connectivity index (χ0v) is 18.4. The molecule has 1 aromatic carbocycles. The van der Waals surface area contributed by atoms with Crippen LogP contribution in [0.15, 0.2) is 41.3 Å². The van der Waals surface area contributed by atoms with Crippen LogP contribution in [-0.4, -0.2) is 41.6 Å². The lowest BCUT2D eigenvalue weighted by atomic mass is 10.1. The highest BCUT2D eigenvalue weighted by Gasteiger charge is 2.24. The Labute approximate surface area is 179 Å². The van der Waals surface area contributed by atoms with Crippen molar-refractivity contribution in [2.75, 3.05) is 0 Å². The van der Waals surface area contributed by atoms with Gasteiger partial charge < -0.3 is 9.88 Å². The number of para-hydroxylation sites is 1. The van der Waals surface area contributed by atoms with E-state index in [1.54, 1.807) is 29.3 Å². The molecule has 0 radical (unpaired) electrons. The Balaban J connectivity index is 1.71. The first-order valence-corrected chi connectivity index (χ1v) is 10.4. The number of pyridine rings is 1. The average Bonchev–Trinajstić information content (AvgIpc) is 3.13. The first-order chi connectivity index (χ1) is 14.8. The van der Waals surface area contributed by atoms with Gasteiger partial charge in [-0.15, -0.1) is 0 Å². The lowest BCUT2D eigenvalue weighted by molar-refractivity contribution is 0.0684. The molecule has 31 heavy (non-hydrogen) atoms. The van der Waals surface area contributed by atoms with Gasteiger partial charge in [0.1, 0.15) is 5.82 Å². The Morgan fingerprint density at radius 3 is 2.61 bits per heavy atom. The Hall–Kier alpha value is -3.55. The van der Waals surface area contributed by atoms with Crippen LogP contribution in [0.25, 0.3) is 21.9 Å². The lowest BCUT2D eigenvalue weighted by Crippen LogP contribution is -2.38. The van der Waals surface area contributed by atoms with Crippen LogP contribution in [0.5, 0.6) is 0 Å². The molecule has 0 saturated carbocycles. The maximum absolute atomic E-state index is 13.5. The van der Waals surface area contributed by atoms with E-state index in [1.807, 2.05) is 51.4 Å². The fraction of sp³-hybridized carbons (Fsp3) is 0.348. The minimum Gasteiger partial charge on any atom is -0.329 e. The van der Waals surface area contributed by atoms with E-state index in [4.69, 9.17) is 0 Å². The van der Waals surface area contributed by atoms with E-state index in [9.17, 15) is 9.59 Å². The van der Waals surface area contributed by atoms with E-state index in [0.29, 0.717) is 28.0 Å². The molecular formula is C23H26N6O2. The predicted octanol–water partition coefficient (Wildman–Crippen LogP) is 3.61. The Kier molecular flexibility index (Phi) is 5.31. The molecule has 0 fully saturated rings. The van der Waals surface area contributed by atoms with Crippen molar-refractivity contribution in [1.82, 2.24) is 29.6 Å². The van der Waals surface area contributed by atoms with Gasteiger partial charge in [-0.05, 0) is 52.8 Å². The summed E-state index contributed by atoms with van der Waals surface area (Å²) in [5.41, 5.74) is 2.33. The number of fused-ring (bicyclic) bond motifs is 2. The summed E-state index contributed by atoms with van der Waals surface area (Å²) >= 11 is 0. The fourth-order valence-electron chi connectivity index (χ4n) is 3.67. The second-order valence-electron chi connectivity index (χ2n) is 8.27. The first kappa shape index (κ1) is 20.7. The van der Waals surface area contributed by atoms with Crippen molar-refractivity contribution in [2.24, 2.45) is 0 Å². The maximum Gasteiger partial charge on any atom is 0.258 e. The summed E-state index contributed by atoms with van der Waals surface area (Å²) in [4.78, 5) is 39.6. The summed E-state index contributed by atoms with van der Waals surface area (Å²) in [6, 6.07) is 9.09. The topological polar surface area (TPSA) is 96.8 Å². The van der Waals surface area contributed by atoms with Crippen molar-refractivity contribution < 1.29 is 4.79 Å². The zero-order chi connectivity index (χ0) is 22.3. The molecule has 8 nitrogen and oxygen atoms in total. The van der Waals surface area contributed by atoms with Gasteiger partial charge in [-0.1, -0.05) is 12.1 Å². The van der Waals surface area contributed by atoms with Gasteiger partial charge in [0.15, 0.2) is 5.65 Å². The minimum atomic E-state index is -0.211. The number of benzene rings is 1. The van der Waals surface area contributed by atoms with E-state index < -0.39 is 0 Å². The van der Waals surface area contributed by atoms with Crippen molar-refractivity contribution in [3.63, 3.8) is 0 Å². The number of nitrogens with one attached hydrogen (secondary N) is 1. The van der Waals surface area contributed by atoms with Crippen LogP contribution < -0.4 is 5.56 Å². The molecule has 0 aliphatic carbocycles. The van der Waals surface area contributed by atoms with Crippen LogP contribution >= 0.6 is 0 Å². The normalized spacial score (nSPS) is 11.7. The molecule has 0 aliphatic rings. The van der Waals surface area contributed by atoms with Crippen molar-refractivity contribution in [1.29, 1.82) is 0 Å². The predicted molar refractivity (Wildman–Crippen MR) is 120 cm³/mol. The smallest absolute Gasteiger partial charge is 0.258 e. The molecule has 0 unspecified atom stereocenters. The molecule has 1 amide bonds. The van der Waals surface area contributed by atoms with Crippen LogP contribution in [0.4, 0.5) is 0 Å². The van der Waals surface area contributed by atoms with Crippen LogP contribution in [0.1, 0.15) is 55.6 Å². The van der Waals surface area contributed by atoms with Gasteiger partial charge in [0.2, 0.25) is 0 Å². The number of carbonyl (C=O) groups excluding carboxylic acids is 1. The quantitative estimate of drug-likeness (QED) is 0.534. The molecule has 0 bridgehead atoms. The molecular weight excluding hydrogens is 392 g/mol. The van der Waals surface area contributed by atoms with Crippen molar-refractivity contribution >= 4 is 27.8 Å². The minimum absolute atomic E-state index is 0.0993. The second kappa shape index (κ2) is 7.94. The number of carbonyl (C=O) groups is 1. The largest absolute Gasteiger partial charge is 0.329 e. The standard InChI is InChI=1S/C23H26N6O2/c1-13(2)28(12-20-26-19-9-7-6-8-17(19)22(30)27-20)23(31)18-10-16-11-24-29(14(3)4)21(16)25-15(18)5/h6-11,13-14H,12H2,1-5H3,(H,26,27,30). The van der Waals surface area contributed by atoms with E-state index in [2.05, 4.69) is 20.1 Å².